The quantitative estimate of drug-likeness (QED) is 0.359. The van der Waals surface area contributed by atoms with Gasteiger partial charge < -0.3 is 16.0 Å². The van der Waals surface area contributed by atoms with Gasteiger partial charge in [0.05, 0.1) is 0 Å². The molecule has 6 nitrogen and oxygen atoms in total. The van der Waals surface area contributed by atoms with E-state index < -0.39 is 0 Å². The van der Waals surface area contributed by atoms with E-state index in [-0.39, 0.29) is 6.03 Å². The summed E-state index contributed by atoms with van der Waals surface area (Å²) in [5, 5.41) is 5.13. The van der Waals surface area contributed by atoms with E-state index in [1.165, 1.54) is 0 Å². The fraction of sp³-hybridized carbons (Fsp3) is 0.474. The molecule has 0 aliphatic carbocycles. The zero-order chi connectivity index (χ0) is 19.4. The molecule has 2 amide bonds. The largest absolute Gasteiger partial charge is 0.398 e. The third-order valence-corrected chi connectivity index (χ3v) is 3.61. The molecule has 0 aromatic rings. The topological polar surface area (TPSA) is 82.7 Å². The molecule has 0 aromatic heterocycles. The SMILES string of the molecule is C=C(/C(=C\C(=C/CCC)C(N)=CC(=NC)NC(=O)NC)CC)N(C)C. The Morgan fingerprint density at radius 1 is 1.28 bits per heavy atom. The number of nitrogens with one attached hydrogen (secondary N) is 2. The second-order valence-electron chi connectivity index (χ2n) is 5.73. The first-order chi connectivity index (χ1) is 11.8. The first-order valence-corrected chi connectivity index (χ1v) is 8.50. The van der Waals surface area contributed by atoms with Crippen molar-refractivity contribution in [3.8, 4) is 0 Å². The molecule has 0 atom stereocenters. The fourth-order valence-electron chi connectivity index (χ4n) is 1.99. The van der Waals surface area contributed by atoms with Crippen LogP contribution in [-0.4, -0.2) is 45.0 Å². The number of likely N-dealkylation sites (N-methyl/N-ethyl adjacent to an activating group) is 1. The Morgan fingerprint density at radius 3 is 2.36 bits per heavy atom. The summed E-state index contributed by atoms with van der Waals surface area (Å²) in [5.74, 6) is 0.400. The van der Waals surface area contributed by atoms with Gasteiger partial charge in [-0.05, 0) is 30.1 Å². The predicted molar refractivity (Wildman–Crippen MR) is 107 cm³/mol. The highest BCUT2D eigenvalue weighted by molar-refractivity contribution is 6.04. The molecule has 25 heavy (non-hydrogen) atoms. The van der Waals surface area contributed by atoms with Gasteiger partial charge in [-0.15, -0.1) is 0 Å². The third kappa shape index (κ3) is 8.24. The lowest BCUT2D eigenvalue weighted by molar-refractivity contribution is 0.247. The van der Waals surface area contributed by atoms with Crippen molar-refractivity contribution in [2.24, 2.45) is 10.7 Å². The highest BCUT2D eigenvalue weighted by Gasteiger charge is 2.08. The number of carbonyl (C=O) groups excluding carboxylic acids is 1. The monoisotopic (exact) mass is 347 g/mol. The minimum Gasteiger partial charge on any atom is -0.398 e. The van der Waals surface area contributed by atoms with E-state index >= 15 is 0 Å². The molecule has 6 heteroatoms. The van der Waals surface area contributed by atoms with E-state index in [1.54, 1.807) is 20.2 Å². The maximum absolute atomic E-state index is 11.5. The maximum atomic E-state index is 11.5. The Kier molecular flexibility index (Phi) is 10.8. The molecule has 0 spiro atoms. The summed E-state index contributed by atoms with van der Waals surface area (Å²) in [7, 11) is 7.09. The lowest BCUT2D eigenvalue weighted by Gasteiger charge is -2.19. The average Bonchev–Trinajstić information content (AvgIpc) is 2.60. The van der Waals surface area contributed by atoms with Crippen LogP contribution in [0.5, 0.6) is 0 Å². The minimum absolute atomic E-state index is 0.338. The first-order valence-electron chi connectivity index (χ1n) is 8.50. The molecule has 0 aliphatic rings. The van der Waals surface area contributed by atoms with Gasteiger partial charge in [0.2, 0.25) is 0 Å². The van der Waals surface area contributed by atoms with Gasteiger partial charge in [0, 0.05) is 45.7 Å². The van der Waals surface area contributed by atoms with Crippen LogP contribution < -0.4 is 16.4 Å². The Hall–Kier alpha value is -2.50. The smallest absolute Gasteiger partial charge is 0.320 e. The van der Waals surface area contributed by atoms with Gasteiger partial charge in [0.25, 0.3) is 0 Å². The molecule has 0 aliphatic heterocycles. The second-order valence-corrected chi connectivity index (χ2v) is 5.73. The van der Waals surface area contributed by atoms with Crippen LogP contribution in [0.2, 0.25) is 0 Å². The lowest BCUT2D eigenvalue weighted by Crippen LogP contribution is -2.37. The number of unbranched alkanes of at least 4 members (excludes halogenated alkanes) is 1. The van der Waals surface area contributed by atoms with Gasteiger partial charge in [-0.1, -0.05) is 32.9 Å². The number of hydrogen-bond donors (Lipinski definition) is 3. The van der Waals surface area contributed by atoms with Crippen molar-refractivity contribution in [2.75, 3.05) is 28.2 Å². The number of carbonyl (C=O) groups is 1. The lowest BCUT2D eigenvalue weighted by atomic mass is 10.0. The van der Waals surface area contributed by atoms with Crippen LogP contribution in [0.1, 0.15) is 33.1 Å². The zero-order valence-corrected chi connectivity index (χ0v) is 16.4. The predicted octanol–water partition coefficient (Wildman–Crippen LogP) is 2.92. The fourth-order valence-corrected chi connectivity index (χ4v) is 1.99. The van der Waals surface area contributed by atoms with Crippen LogP contribution in [0.3, 0.4) is 0 Å². The number of nitrogens with zero attached hydrogens (tertiary/aromatic N) is 2. The van der Waals surface area contributed by atoms with Crippen molar-refractivity contribution in [3.05, 3.63) is 47.3 Å². The number of allylic oxidation sites excluding steroid dienone is 3. The van der Waals surface area contributed by atoms with Crippen molar-refractivity contribution >= 4 is 11.9 Å². The summed E-state index contributed by atoms with van der Waals surface area (Å²) in [6.07, 6.45) is 8.59. The van der Waals surface area contributed by atoms with E-state index in [9.17, 15) is 4.79 Å². The molecule has 0 heterocycles. The Morgan fingerprint density at radius 2 is 1.92 bits per heavy atom. The Balaban J connectivity index is 5.76. The van der Waals surface area contributed by atoms with Crippen LogP contribution in [0.15, 0.2) is 52.3 Å². The number of aliphatic imine (C=N–C) groups is 1. The summed E-state index contributed by atoms with van der Waals surface area (Å²) in [5.41, 5.74) is 9.79. The molecule has 0 radical (unpaired) electrons. The zero-order valence-electron chi connectivity index (χ0n) is 16.4. The molecule has 0 rings (SSSR count). The molecule has 0 aromatic carbocycles. The van der Waals surface area contributed by atoms with Crippen LogP contribution in [-0.2, 0) is 0 Å². The summed E-state index contributed by atoms with van der Waals surface area (Å²) in [6.45, 7) is 8.33. The summed E-state index contributed by atoms with van der Waals surface area (Å²) >= 11 is 0. The van der Waals surface area contributed by atoms with E-state index in [0.717, 1.165) is 36.1 Å². The number of hydrogen-bond acceptors (Lipinski definition) is 4. The van der Waals surface area contributed by atoms with Gasteiger partial charge in [-0.3, -0.25) is 10.3 Å². The highest BCUT2D eigenvalue weighted by Crippen LogP contribution is 2.19. The average molecular weight is 348 g/mol. The van der Waals surface area contributed by atoms with Crippen LogP contribution in [0.4, 0.5) is 4.79 Å². The van der Waals surface area contributed by atoms with Crippen LogP contribution in [0, 0.1) is 0 Å². The van der Waals surface area contributed by atoms with Crippen LogP contribution >= 0.6 is 0 Å². The first kappa shape index (κ1) is 22.5. The molecular formula is C19H33N5O. The maximum Gasteiger partial charge on any atom is 0.320 e. The van der Waals surface area contributed by atoms with E-state index in [0.29, 0.717) is 11.5 Å². The number of nitrogens with two attached hydrogens (primary N) is 1. The van der Waals surface area contributed by atoms with Gasteiger partial charge in [-0.25, -0.2) is 4.79 Å². The molecule has 0 saturated carbocycles. The van der Waals surface area contributed by atoms with Gasteiger partial charge in [0.1, 0.15) is 5.84 Å². The normalized spacial score (nSPS) is 13.5. The molecule has 0 bridgehead atoms. The highest BCUT2D eigenvalue weighted by atomic mass is 16.2. The van der Waals surface area contributed by atoms with Crippen LogP contribution in [0.25, 0.3) is 0 Å². The van der Waals surface area contributed by atoms with E-state index in [2.05, 4.69) is 48.2 Å². The van der Waals surface area contributed by atoms with Gasteiger partial charge >= 0.3 is 6.03 Å². The minimum atomic E-state index is -0.338. The number of amidine groups is 1. The number of rotatable bonds is 8. The Bertz CT molecular complexity index is 583. The second kappa shape index (κ2) is 11.9. The van der Waals surface area contributed by atoms with E-state index in [1.807, 2.05) is 19.0 Å². The van der Waals surface area contributed by atoms with Crippen molar-refractivity contribution in [3.63, 3.8) is 0 Å². The molecular weight excluding hydrogens is 314 g/mol. The van der Waals surface area contributed by atoms with Crippen molar-refractivity contribution in [1.82, 2.24) is 15.5 Å². The standard InChI is InChI=1S/C19H33N5O/c1-8-10-11-16(12-15(9-2)14(3)24(6)7)17(20)13-18(21-4)23-19(25)22-5/h11-13H,3,8-10,20H2,1-2,4-7H3,(H2,21,22,23,25)/b15-12-,16-11+,17-13?. The summed E-state index contributed by atoms with van der Waals surface area (Å²) in [4.78, 5) is 17.5. The summed E-state index contributed by atoms with van der Waals surface area (Å²) in [6, 6.07) is -0.338. The molecule has 0 fully saturated rings. The molecule has 140 valence electrons. The molecule has 4 N–H and O–H groups in total. The van der Waals surface area contributed by atoms with E-state index in [4.69, 9.17) is 5.73 Å². The number of amides is 2. The Labute approximate surface area is 152 Å². The van der Waals surface area contributed by atoms with Gasteiger partial charge in [-0.2, -0.15) is 0 Å². The van der Waals surface area contributed by atoms with Gasteiger partial charge in [0.15, 0.2) is 0 Å². The van der Waals surface area contributed by atoms with Crippen molar-refractivity contribution in [2.45, 2.75) is 33.1 Å². The third-order valence-electron chi connectivity index (χ3n) is 3.61. The molecule has 0 saturated heterocycles. The summed E-state index contributed by atoms with van der Waals surface area (Å²) < 4.78 is 0. The number of urea groups is 1. The van der Waals surface area contributed by atoms with Crippen molar-refractivity contribution in [1.29, 1.82) is 0 Å². The molecule has 0 unspecified atom stereocenters. The van der Waals surface area contributed by atoms with Crippen molar-refractivity contribution < 1.29 is 4.79 Å².